The van der Waals surface area contributed by atoms with Crippen molar-refractivity contribution in [2.45, 2.75) is 26.2 Å². The Labute approximate surface area is 150 Å². The molecule has 0 radical (unpaired) electrons. The minimum atomic E-state index is -0.627. The van der Waals surface area contributed by atoms with Gasteiger partial charge in [0.1, 0.15) is 5.71 Å². The molecule has 0 bridgehead atoms. The molecule has 0 atom stereocenters. The zero-order valence-corrected chi connectivity index (χ0v) is 14.5. The van der Waals surface area contributed by atoms with Crippen molar-refractivity contribution in [2.75, 3.05) is 13.2 Å². The molecule has 1 aliphatic rings. The molecule has 26 heavy (non-hydrogen) atoms. The minimum absolute atomic E-state index is 0.261. The Balaban J connectivity index is 1.90. The maximum atomic E-state index is 11.6. The van der Waals surface area contributed by atoms with Gasteiger partial charge in [-0.1, -0.05) is 18.2 Å². The van der Waals surface area contributed by atoms with Gasteiger partial charge in [-0.15, -0.1) is 5.10 Å². The second-order valence-electron chi connectivity index (χ2n) is 5.57. The number of amides is 1. The fourth-order valence-corrected chi connectivity index (χ4v) is 2.52. The van der Waals surface area contributed by atoms with Crippen LogP contribution in [0.1, 0.15) is 32.0 Å². The summed E-state index contributed by atoms with van der Waals surface area (Å²) in [4.78, 5) is 11.6. The van der Waals surface area contributed by atoms with E-state index in [1.54, 1.807) is 17.9 Å². The van der Waals surface area contributed by atoms with Crippen LogP contribution in [0.2, 0.25) is 0 Å². The van der Waals surface area contributed by atoms with Gasteiger partial charge in [0.05, 0.1) is 25.2 Å². The van der Waals surface area contributed by atoms with Crippen LogP contribution in [-0.2, 0) is 9.47 Å². The number of rotatable bonds is 6. The van der Waals surface area contributed by atoms with Gasteiger partial charge in [0.2, 0.25) is 5.82 Å². The number of nitrogens with zero attached hydrogens (tertiary/aromatic N) is 5. The molecule has 1 N–H and O–H groups in total. The molecule has 0 saturated carbocycles. The molecular weight excluding hydrogens is 336 g/mol. The summed E-state index contributed by atoms with van der Waals surface area (Å²) < 4.78 is 11.8. The molecule has 9 heteroatoms. The van der Waals surface area contributed by atoms with E-state index in [9.17, 15) is 4.79 Å². The number of para-hydroxylation sites is 1. The first-order valence-electron chi connectivity index (χ1n) is 8.41. The second-order valence-corrected chi connectivity index (χ2v) is 5.57. The van der Waals surface area contributed by atoms with Gasteiger partial charge >= 0.3 is 6.09 Å². The molecule has 1 aromatic heterocycles. The fourth-order valence-electron chi connectivity index (χ4n) is 2.52. The highest BCUT2D eigenvalue weighted by Gasteiger charge is 2.18. The molecule has 136 valence electrons. The Morgan fingerprint density at radius 3 is 2.96 bits per heavy atom. The number of carbonyl (C=O) groups excluding carboxylic acids is 1. The third-order valence-electron chi connectivity index (χ3n) is 3.69. The molecule has 3 rings (SSSR count). The standard InChI is InChI=1S/C17H20N6O3/c1-2-26-17(24)20-18-15(11-13-7-6-10-25-12-13)16-19-21-22-23(16)14-8-4-3-5-9-14/h3-5,8-9,12H,2,6-7,10-11H2,1H3,(H,20,24)/b18-15-. The van der Waals surface area contributed by atoms with E-state index in [1.807, 2.05) is 30.3 Å². The molecule has 9 nitrogen and oxygen atoms in total. The normalized spacial score (nSPS) is 14.3. The molecule has 0 saturated heterocycles. The number of aromatic nitrogens is 4. The van der Waals surface area contributed by atoms with Crippen LogP contribution in [0.15, 0.2) is 47.3 Å². The number of benzene rings is 1. The van der Waals surface area contributed by atoms with Crippen LogP contribution in [0.25, 0.3) is 5.69 Å². The fraction of sp³-hybridized carbons (Fsp3) is 0.353. The monoisotopic (exact) mass is 356 g/mol. The summed E-state index contributed by atoms with van der Waals surface area (Å²) in [5.74, 6) is 0.444. The van der Waals surface area contributed by atoms with E-state index in [4.69, 9.17) is 9.47 Å². The highest BCUT2D eigenvalue weighted by molar-refractivity contribution is 5.99. The third-order valence-corrected chi connectivity index (χ3v) is 3.69. The average Bonchev–Trinajstić information content (AvgIpc) is 3.16. The molecule has 1 amide bonds. The molecule has 0 aliphatic carbocycles. The molecule has 1 aliphatic heterocycles. The van der Waals surface area contributed by atoms with E-state index in [0.29, 0.717) is 24.6 Å². The number of hydrogen-bond acceptors (Lipinski definition) is 7. The van der Waals surface area contributed by atoms with Gasteiger partial charge in [-0.05, 0) is 47.9 Å². The number of hydrogen-bond donors (Lipinski definition) is 1. The van der Waals surface area contributed by atoms with Crippen molar-refractivity contribution in [3.05, 3.63) is 48.0 Å². The maximum Gasteiger partial charge on any atom is 0.427 e. The summed E-state index contributed by atoms with van der Waals surface area (Å²) in [5, 5.41) is 16.1. The first-order valence-corrected chi connectivity index (χ1v) is 8.41. The number of nitrogens with one attached hydrogen (secondary N) is 1. The average molecular weight is 356 g/mol. The Morgan fingerprint density at radius 1 is 1.38 bits per heavy atom. The minimum Gasteiger partial charge on any atom is -0.501 e. The van der Waals surface area contributed by atoms with Gasteiger partial charge in [0.25, 0.3) is 0 Å². The van der Waals surface area contributed by atoms with Crippen molar-refractivity contribution in [1.29, 1.82) is 0 Å². The molecule has 2 aromatic rings. The van der Waals surface area contributed by atoms with Crippen molar-refractivity contribution < 1.29 is 14.3 Å². The third kappa shape index (κ3) is 4.44. The van der Waals surface area contributed by atoms with Gasteiger partial charge in [0.15, 0.2) is 0 Å². The topological polar surface area (TPSA) is 104 Å². The van der Waals surface area contributed by atoms with Gasteiger partial charge < -0.3 is 9.47 Å². The molecule has 2 heterocycles. The lowest BCUT2D eigenvalue weighted by Crippen LogP contribution is -2.23. The summed E-state index contributed by atoms with van der Waals surface area (Å²) in [7, 11) is 0. The van der Waals surface area contributed by atoms with Crippen molar-refractivity contribution in [2.24, 2.45) is 5.10 Å². The predicted octanol–water partition coefficient (Wildman–Crippen LogP) is 2.20. The van der Waals surface area contributed by atoms with Gasteiger partial charge in [-0.2, -0.15) is 9.78 Å². The van der Waals surface area contributed by atoms with E-state index in [0.717, 1.165) is 24.1 Å². The Hall–Kier alpha value is -3.23. The van der Waals surface area contributed by atoms with Crippen molar-refractivity contribution in [1.82, 2.24) is 25.6 Å². The Kier molecular flexibility index (Phi) is 5.92. The lowest BCUT2D eigenvalue weighted by Gasteiger charge is -2.14. The van der Waals surface area contributed by atoms with Crippen LogP contribution in [0.4, 0.5) is 4.79 Å². The largest absolute Gasteiger partial charge is 0.501 e. The summed E-state index contributed by atoms with van der Waals surface area (Å²) >= 11 is 0. The van der Waals surface area contributed by atoms with Gasteiger partial charge in [-0.3, -0.25) is 0 Å². The molecule has 1 aromatic carbocycles. The number of allylic oxidation sites excluding steroid dienone is 1. The molecular formula is C17H20N6O3. The van der Waals surface area contributed by atoms with E-state index in [2.05, 4.69) is 26.1 Å². The van der Waals surface area contributed by atoms with Crippen LogP contribution >= 0.6 is 0 Å². The number of hydrazone groups is 1. The van der Waals surface area contributed by atoms with E-state index in [1.165, 1.54) is 0 Å². The lowest BCUT2D eigenvalue weighted by molar-refractivity contribution is 0.152. The van der Waals surface area contributed by atoms with Gasteiger partial charge in [0, 0.05) is 6.42 Å². The van der Waals surface area contributed by atoms with Crippen molar-refractivity contribution in [3.63, 3.8) is 0 Å². The summed E-state index contributed by atoms with van der Waals surface area (Å²) in [6.07, 6.45) is 3.40. The Morgan fingerprint density at radius 2 is 2.23 bits per heavy atom. The van der Waals surface area contributed by atoms with Crippen LogP contribution in [0, 0.1) is 0 Å². The first-order chi connectivity index (χ1) is 12.8. The molecule has 0 spiro atoms. The predicted molar refractivity (Wildman–Crippen MR) is 93.7 cm³/mol. The van der Waals surface area contributed by atoms with Gasteiger partial charge in [-0.25, -0.2) is 10.2 Å². The zero-order valence-electron chi connectivity index (χ0n) is 14.5. The molecule has 0 unspecified atom stereocenters. The van der Waals surface area contributed by atoms with Crippen LogP contribution in [0.5, 0.6) is 0 Å². The van der Waals surface area contributed by atoms with E-state index >= 15 is 0 Å². The van der Waals surface area contributed by atoms with Crippen LogP contribution in [-0.4, -0.2) is 45.2 Å². The summed E-state index contributed by atoms with van der Waals surface area (Å²) in [5.41, 5.74) is 4.76. The summed E-state index contributed by atoms with van der Waals surface area (Å²) in [6, 6.07) is 9.48. The zero-order chi connectivity index (χ0) is 18.2. The van der Waals surface area contributed by atoms with Crippen LogP contribution < -0.4 is 5.43 Å². The SMILES string of the molecule is CCOC(=O)N/N=C(/CC1=COCCC1)c1nnnn1-c1ccccc1. The van der Waals surface area contributed by atoms with Crippen molar-refractivity contribution >= 4 is 11.8 Å². The van der Waals surface area contributed by atoms with Crippen LogP contribution in [0.3, 0.4) is 0 Å². The Bertz CT molecular complexity index is 800. The quantitative estimate of drug-likeness (QED) is 0.628. The maximum absolute atomic E-state index is 11.6. The molecule has 0 fully saturated rings. The number of carbonyl (C=O) groups is 1. The number of ether oxygens (including phenoxy) is 2. The first kappa shape index (κ1) is 17.6. The summed E-state index contributed by atoms with van der Waals surface area (Å²) in [6.45, 7) is 2.70. The highest BCUT2D eigenvalue weighted by atomic mass is 16.5. The smallest absolute Gasteiger partial charge is 0.427 e. The van der Waals surface area contributed by atoms with E-state index in [-0.39, 0.29) is 6.61 Å². The van der Waals surface area contributed by atoms with Crippen molar-refractivity contribution in [3.8, 4) is 5.69 Å². The van der Waals surface area contributed by atoms with E-state index < -0.39 is 6.09 Å². The highest BCUT2D eigenvalue weighted by Crippen LogP contribution is 2.19. The lowest BCUT2D eigenvalue weighted by atomic mass is 10.0. The number of tetrazole rings is 1. The second kappa shape index (κ2) is 8.75.